The summed E-state index contributed by atoms with van der Waals surface area (Å²) in [6.07, 6.45) is 4.00. The summed E-state index contributed by atoms with van der Waals surface area (Å²) >= 11 is 0. The molecule has 0 radical (unpaired) electrons. The van der Waals surface area contributed by atoms with Gasteiger partial charge in [0.1, 0.15) is 6.04 Å². The second-order valence-electron chi connectivity index (χ2n) is 6.14. The molecule has 0 unspecified atom stereocenters. The number of anilines is 1. The van der Waals surface area contributed by atoms with Gasteiger partial charge < -0.3 is 10.6 Å². The van der Waals surface area contributed by atoms with Crippen LogP contribution in [0, 0.1) is 6.57 Å². The zero-order chi connectivity index (χ0) is 14.4. The predicted octanol–water partition coefficient (Wildman–Crippen LogP) is 1.82. The minimum absolute atomic E-state index is 0.00724. The van der Waals surface area contributed by atoms with Crippen molar-refractivity contribution in [2.24, 2.45) is 0 Å². The number of nitrogens with zero attached hydrogens (tertiary/aromatic N) is 2. The van der Waals surface area contributed by atoms with E-state index in [4.69, 9.17) is 6.57 Å². The molecule has 0 aromatic heterocycles. The van der Waals surface area contributed by atoms with Crippen molar-refractivity contribution >= 4 is 11.6 Å². The lowest BCUT2D eigenvalue weighted by molar-refractivity contribution is 0.0928. The number of rotatable bonds is 2. The highest BCUT2D eigenvalue weighted by molar-refractivity contribution is 5.95. The second kappa shape index (κ2) is 4.66. The summed E-state index contributed by atoms with van der Waals surface area (Å²) in [5, 5.41) is 8.30. The van der Waals surface area contributed by atoms with Crippen LogP contribution in [0.25, 0.3) is 4.95 Å². The monoisotopic (exact) mass is 282 g/mol. The zero-order valence-electron chi connectivity index (χ0n) is 11.8. The molecule has 0 saturated carbocycles. The van der Waals surface area contributed by atoms with Gasteiger partial charge in [-0.3, -0.25) is 4.79 Å². The summed E-state index contributed by atoms with van der Waals surface area (Å²) in [5.41, 5.74) is 3.10. The lowest BCUT2D eigenvalue weighted by Gasteiger charge is -2.20. The molecule has 1 amide bonds. The Bertz CT molecular complexity index is 636. The Morgan fingerprint density at radius 1 is 1.43 bits per heavy atom. The standard InChI is InChI=1S/C16H18N4O/c1-17-20-12-3-5-15(20)14(9-12)19-16(21)11-2-4-13-10(8-11)6-7-18-13/h2,4,8,12,14-15,18H,3,5-7,9H2,(H,19,21)/t12-,14+,15+/m1/s1. The lowest BCUT2D eigenvalue weighted by Crippen LogP contribution is -2.42. The van der Waals surface area contributed by atoms with Crippen molar-refractivity contribution in [3.05, 3.63) is 40.9 Å². The molecule has 4 rings (SSSR count). The third-order valence-corrected chi connectivity index (χ3v) is 5.01. The van der Waals surface area contributed by atoms with E-state index in [-0.39, 0.29) is 18.0 Å². The van der Waals surface area contributed by atoms with Crippen molar-refractivity contribution in [3.8, 4) is 0 Å². The molecular weight excluding hydrogens is 264 g/mol. The first-order valence-electron chi connectivity index (χ1n) is 7.59. The molecule has 21 heavy (non-hydrogen) atoms. The van der Waals surface area contributed by atoms with Crippen molar-refractivity contribution in [2.45, 2.75) is 43.8 Å². The van der Waals surface area contributed by atoms with Crippen LogP contribution in [0.15, 0.2) is 18.2 Å². The lowest BCUT2D eigenvalue weighted by atomic mass is 9.95. The normalized spacial score (nSPS) is 28.9. The maximum atomic E-state index is 12.4. The van der Waals surface area contributed by atoms with Crippen LogP contribution in [0.4, 0.5) is 5.69 Å². The summed E-state index contributed by atoms with van der Waals surface area (Å²) in [7, 11) is 0. The van der Waals surface area contributed by atoms with Gasteiger partial charge in [-0.05, 0) is 49.4 Å². The summed E-state index contributed by atoms with van der Waals surface area (Å²) < 4.78 is 0. The van der Waals surface area contributed by atoms with Crippen LogP contribution in [-0.2, 0) is 6.42 Å². The van der Waals surface area contributed by atoms with E-state index >= 15 is 0 Å². The van der Waals surface area contributed by atoms with Crippen molar-refractivity contribution in [2.75, 3.05) is 11.9 Å². The molecule has 5 heteroatoms. The molecule has 1 aromatic carbocycles. The van der Waals surface area contributed by atoms with E-state index < -0.39 is 0 Å². The van der Waals surface area contributed by atoms with Gasteiger partial charge in [0, 0.05) is 17.8 Å². The van der Waals surface area contributed by atoms with Gasteiger partial charge >= 0.3 is 0 Å². The molecule has 3 atom stereocenters. The minimum Gasteiger partial charge on any atom is -0.384 e. The molecule has 3 aliphatic rings. The van der Waals surface area contributed by atoms with Crippen LogP contribution in [0.5, 0.6) is 0 Å². The Morgan fingerprint density at radius 3 is 3.14 bits per heavy atom. The number of fused-ring (bicyclic) bond motifs is 3. The highest BCUT2D eigenvalue weighted by atomic mass is 16.1. The Kier molecular flexibility index (Phi) is 2.78. The molecule has 108 valence electrons. The van der Waals surface area contributed by atoms with E-state index in [9.17, 15) is 4.79 Å². The number of benzene rings is 1. The number of amides is 1. The maximum Gasteiger partial charge on any atom is 0.251 e. The number of hydrogen-bond donors (Lipinski definition) is 2. The van der Waals surface area contributed by atoms with Gasteiger partial charge in [0.25, 0.3) is 5.91 Å². The number of hydrogen-bond acceptors (Lipinski definition) is 3. The van der Waals surface area contributed by atoms with Gasteiger partial charge in [-0.25, -0.2) is 0 Å². The fourth-order valence-corrected chi connectivity index (χ4v) is 3.97. The molecule has 3 aliphatic heterocycles. The molecule has 2 saturated heterocycles. The molecule has 0 spiro atoms. The molecule has 2 fully saturated rings. The van der Waals surface area contributed by atoms with E-state index in [1.807, 2.05) is 23.2 Å². The van der Waals surface area contributed by atoms with Crippen molar-refractivity contribution in [1.82, 2.24) is 10.3 Å². The highest BCUT2D eigenvalue weighted by Crippen LogP contribution is 2.38. The van der Waals surface area contributed by atoms with Gasteiger partial charge in [-0.15, -0.1) is 5.01 Å². The summed E-state index contributed by atoms with van der Waals surface area (Å²) in [5.74, 6) is -0.00724. The van der Waals surface area contributed by atoms with Crippen LogP contribution in [-0.4, -0.2) is 35.6 Å². The van der Waals surface area contributed by atoms with Gasteiger partial charge in [0.2, 0.25) is 0 Å². The summed E-state index contributed by atoms with van der Waals surface area (Å²) in [6, 6.07) is 6.52. The molecule has 0 aliphatic carbocycles. The van der Waals surface area contributed by atoms with Gasteiger partial charge in [0.05, 0.1) is 12.1 Å². The zero-order valence-corrected chi connectivity index (χ0v) is 11.8. The number of carbonyl (C=O) groups is 1. The largest absolute Gasteiger partial charge is 0.384 e. The third-order valence-electron chi connectivity index (χ3n) is 5.01. The average Bonchev–Trinajstić information content (AvgIpc) is 3.19. The van der Waals surface area contributed by atoms with E-state index in [0.717, 1.165) is 43.5 Å². The smallest absolute Gasteiger partial charge is 0.251 e. The Hall–Kier alpha value is -2.22. The van der Waals surface area contributed by atoms with Crippen molar-refractivity contribution in [1.29, 1.82) is 0 Å². The number of carbonyl (C=O) groups excluding carboxylic acids is 1. The Balaban J connectivity index is 1.48. The summed E-state index contributed by atoms with van der Waals surface area (Å²) in [4.78, 5) is 16.1. The summed E-state index contributed by atoms with van der Waals surface area (Å²) in [6.45, 7) is 8.20. The number of nitrogens with one attached hydrogen (secondary N) is 2. The predicted molar refractivity (Wildman–Crippen MR) is 79.8 cm³/mol. The molecule has 3 heterocycles. The van der Waals surface area contributed by atoms with Crippen LogP contribution in [0.2, 0.25) is 0 Å². The van der Waals surface area contributed by atoms with E-state index in [2.05, 4.69) is 15.6 Å². The van der Waals surface area contributed by atoms with Crippen molar-refractivity contribution < 1.29 is 4.79 Å². The van der Waals surface area contributed by atoms with Gasteiger partial charge in [-0.2, -0.15) is 11.5 Å². The molecule has 5 nitrogen and oxygen atoms in total. The van der Waals surface area contributed by atoms with Crippen LogP contribution in [0.3, 0.4) is 0 Å². The third kappa shape index (κ3) is 1.94. The second-order valence-corrected chi connectivity index (χ2v) is 6.14. The first-order valence-corrected chi connectivity index (χ1v) is 7.59. The molecular formula is C16H18N4O. The van der Waals surface area contributed by atoms with Crippen molar-refractivity contribution in [3.63, 3.8) is 0 Å². The fraction of sp³-hybridized carbons (Fsp3) is 0.500. The Labute approximate surface area is 124 Å². The fourth-order valence-electron chi connectivity index (χ4n) is 3.97. The molecule has 2 N–H and O–H groups in total. The first-order chi connectivity index (χ1) is 10.3. The van der Waals surface area contributed by atoms with Crippen LogP contribution >= 0.6 is 0 Å². The van der Waals surface area contributed by atoms with Crippen LogP contribution in [0.1, 0.15) is 35.2 Å². The minimum atomic E-state index is -0.00724. The first kappa shape index (κ1) is 12.5. The van der Waals surface area contributed by atoms with Crippen LogP contribution < -0.4 is 10.6 Å². The molecule has 1 aromatic rings. The van der Waals surface area contributed by atoms with Gasteiger partial charge in [0.15, 0.2) is 0 Å². The quantitative estimate of drug-likeness (QED) is 0.814. The van der Waals surface area contributed by atoms with E-state index in [1.54, 1.807) is 0 Å². The van der Waals surface area contributed by atoms with E-state index in [0.29, 0.717) is 6.04 Å². The van der Waals surface area contributed by atoms with E-state index in [1.165, 1.54) is 5.56 Å². The SMILES string of the molecule is [C-]#[N+]N1[C@@H]2CC[C@H]1[C@@H](NC(=O)c1ccc3c(c1)CCN3)C2. The topological polar surface area (TPSA) is 48.7 Å². The maximum absolute atomic E-state index is 12.4. The Morgan fingerprint density at radius 2 is 2.33 bits per heavy atom. The van der Waals surface area contributed by atoms with Gasteiger partial charge in [-0.1, -0.05) is 0 Å². The molecule has 2 bridgehead atoms. The highest BCUT2D eigenvalue weighted by Gasteiger charge is 2.50. The average molecular weight is 282 g/mol.